The summed E-state index contributed by atoms with van der Waals surface area (Å²) in [7, 11) is -2.41. The van der Waals surface area contributed by atoms with Crippen LogP contribution in [-0.2, 0) is 14.6 Å². The number of carbonyl (C=O) groups excluding carboxylic acids is 3. The van der Waals surface area contributed by atoms with Crippen LogP contribution in [0.3, 0.4) is 0 Å². The number of hydrogen-bond donors (Lipinski definition) is 1. The van der Waals surface area contributed by atoms with Gasteiger partial charge in [-0.1, -0.05) is 24.3 Å². The van der Waals surface area contributed by atoms with E-state index in [2.05, 4.69) is 5.32 Å². The van der Waals surface area contributed by atoms with Gasteiger partial charge in [-0.15, -0.1) is 0 Å². The predicted molar refractivity (Wildman–Crippen MR) is 113 cm³/mol. The molecule has 0 radical (unpaired) electrons. The molecular formula is C23H17NO6S. The number of sulfone groups is 1. The van der Waals surface area contributed by atoms with Crippen LogP contribution in [0.4, 0.5) is 5.69 Å². The van der Waals surface area contributed by atoms with Gasteiger partial charge in [-0.2, -0.15) is 0 Å². The highest BCUT2D eigenvalue weighted by molar-refractivity contribution is 7.92. The Morgan fingerprint density at radius 2 is 1.42 bits per heavy atom. The number of nitrogens with one attached hydrogen (secondary N) is 1. The summed E-state index contributed by atoms with van der Waals surface area (Å²) in [5, 5.41) is 2.49. The van der Waals surface area contributed by atoms with Crippen LogP contribution in [0, 0.1) is 0 Å². The summed E-state index contributed by atoms with van der Waals surface area (Å²) >= 11 is 0. The minimum atomic E-state index is -3.87. The zero-order chi connectivity index (χ0) is 22.2. The summed E-state index contributed by atoms with van der Waals surface area (Å²) in [5.74, 6) is -1.63. The van der Waals surface area contributed by atoms with Crippen molar-refractivity contribution >= 4 is 33.0 Å². The summed E-state index contributed by atoms with van der Waals surface area (Å²) in [5.41, 5.74) is 1.27. The zero-order valence-electron chi connectivity index (χ0n) is 16.4. The Kier molecular flexibility index (Phi) is 5.16. The molecule has 0 heterocycles. The van der Waals surface area contributed by atoms with Crippen molar-refractivity contribution in [2.45, 2.75) is 4.90 Å². The fourth-order valence-electron chi connectivity index (χ4n) is 3.41. The first kappa shape index (κ1) is 20.5. The predicted octanol–water partition coefficient (Wildman–Crippen LogP) is 2.88. The van der Waals surface area contributed by atoms with E-state index in [1.165, 1.54) is 49.6 Å². The molecule has 1 aliphatic carbocycles. The first-order valence-corrected chi connectivity index (χ1v) is 10.9. The van der Waals surface area contributed by atoms with E-state index in [0.29, 0.717) is 16.9 Å². The molecule has 1 aliphatic rings. The van der Waals surface area contributed by atoms with Crippen molar-refractivity contribution in [3.63, 3.8) is 0 Å². The number of methoxy groups -OCH3 is 1. The Hall–Kier alpha value is -3.78. The molecule has 156 valence electrons. The van der Waals surface area contributed by atoms with E-state index in [1.807, 2.05) is 0 Å². The fourth-order valence-corrected chi connectivity index (χ4v) is 4.55. The summed E-state index contributed by atoms with van der Waals surface area (Å²) in [6, 6.07) is 16.6. The van der Waals surface area contributed by atoms with Gasteiger partial charge in [0, 0.05) is 27.9 Å². The molecule has 0 saturated carbocycles. The topological polar surface area (TPSA) is 107 Å². The van der Waals surface area contributed by atoms with Crippen LogP contribution in [0.5, 0.6) is 5.75 Å². The quantitative estimate of drug-likeness (QED) is 0.517. The van der Waals surface area contributed by atoms with Gasteiger partial charge < -0.3 is 10.1 Å². The van der Waals surface area contributed by atoms with Crippen molar-refractivity contribution < 1.29 is 27.5 Å². The van der Waals surface area contributed by atoms with Gasteiger partial charge >= 0.3 is 0 Å². The molecule has 8 heteroatoms. The highest BCUT2D eigenvalue weighted by Gasteiger charge is 2.29. The molecule has 7 nitrogen and oxygen atoms in total. The van der Waals surface area contributed by atoms with Gasteiger partial charge in [0.2, 0.25) is 5.91 Å². The van der Waals surface area contributed by atoms with Crippen LogP contribution in [0.1, 0.15) is 31.8 Å². The molecular weight excluding hydrogens is 418 g/mol. The lowest BCUT2D eigenvalue weighted by molar-refractivity contribution is -0.113. The Morgan fingerprint density at radius 3 is 2.03 bits per heavy atom. The molecule has 0 fully saturated rings. The normalized spacial score (nSPS) is 12.7. The lowest BCUT2D eigenvalue weighted by Gasteiger charge is -2.18. The van der Waals surface area contributed by atoms with Crippen molar-refractivity contribution in [1.82, 2.24) is 0 Å². The lowest BCUT2D eigenvalue weighted by atomic mass is 9.84. The van der Waals surface area contributed by atoms with E-state index >= 15 is 0 Å². The average Bonchev–Trinajstić information content (AvgIpc) is 2.77. The number of rotatable bonds is 5. The highest BCUT2D eigenvalue weighted by Crippen LogP contribution is 2.29. The molecule has 4 rings (SSSR count). The minimum absolute atomic E-state index is 0.00808. The van der Waals surface area contributed by atoms with E-state index in [0.717, 1.165) is 0 Å². The third-order valence-electron chi connectivity index (χ3n) is 4.95. The van der Waals surface area contributed by atoms with Crippen molar-refractivity contribution in [2.24, 2.45) is 0 Å². The largest absolute Gasteiger partial charge is 0.497 e. The van der Waals surface area contributed by atoms with Gasteiger partial charge in [0.25, 0.3) is 0 Å². The van der Waals surface area contributed by atoms with E-state index in [-0.39, 0.29) is 33.3 Å². The molecule has 0 aliphatic heterocycles. The number of ketones is 2. The van der Waals surface area contributed by atoms with Crippen LogP contribution in [0.25, 0.3) is 0 Å². The first-order chi connectivity index (χ1) is 14.8. The van der Waals surface area contributed by atoms with Crippen LogP contribution in [0.15, 0.2) is 71.6 Å². The van der Waals surface area contributed by atoms with Gasteiger partial charge in [0.1, 0.15) is 11.5 Å². The van der Waals surface area contributed by atoms with Gasteiger partial charge in [-0.3, -0.25) is 14.4 Å². The van der Waals surface area contributed by atoms with Gasteiger partial charge in [-0.05, 0) is 42.5 Å². The number of benzene rings is 3. The number of ether oxygens (including phenoxy) is 1. The Bertz CT molecular complexity index is 1330. The molecule has 0 spiro atoms. The number of carbonyl (C=O) groups is 3. The number of fused-ring (bicyclic) bond motifs is 2. The molecule has 0 saturated heterocycles. The molecule has 31 heavy (non-hydrogen) atoms. The molecule has 1 N–H and O–H groups in total. The summed E-state index contributed by atoms with van der Waals surface area (Å²) in [6.45, 7) is 0. The summed E-state index contributed by atoms with van der Waals surface area (Å²) < 4.78 is 30.0. The van der Waals surface area contributed by atoms with Gasteiger partial charge in [0.15, 0.2) is 21.4 Å². The standard InChI is InChI=1S/C23H17NO6S/c1-30-15-7-9-16(10-8-15)31(28,29)13-21(25)24-14-6-11-19-20(12-14)23(27)18-5-3-2-4-17(18)22(19)26/h2-12H,13H2,1H3,(H,24,25). The zero-order valence-corrected chi connectivity index (χ0v) is 17.2. The molecule has 3 aromatic carbocycles. The highest BCUT2D eigenvalue weighted by atomic mass is 32.2. The second kappa shape index (κ2) is 7.81. The monoisotopic (exact) mass is 435 g/mol. The summed E-state index contributed by atoms with van der Waals surface area (Å²) in [4.78, 5) is 37.8. The third kappa shape index (κ3) is 3.85. The second-order valence-corrected chi connectivity index (χ2v) is 8.94. The van der Waals surface area contributed by atoms with Gasteiger partial charge in [-0.25, -0.2) is 8.42 Å². The van der Waals surface area contributed by atoms with Gasteiger partial charge in [0.05, 0.1) is 12.0 Å². The van der Waals surface area contributed by atoms with E-state index in [9.17, 15) is 22.8 Å². The molecule has 1 amide bonds. The van der Waals surface area contributed by atoms with Crippen LogP contribution in [-0.4, -0.2) is 38.8 Å². The minimum Gasteiger partial charge on any atom is -0.497 e. The van der Waals surface area contributed by atoms with Crippen molar-refractivity contribution in [3.8, 4) is 5.75 Å². The first-order valence-electron chi connectivity index (χ1n) is 9.29. The second-order valence-electron chi connectivity index (χ2n) is 6.95. The van der Waals surface area contributed by atoms with Crippen molar-refractivity contribution in [2.75, 3.05) is 18.2 Å². The van der Waals surface area contributed by atoms with Crippen molar-refractivity contribution in [1.29, 1.82) is 0 Å². The SMILES string of the molecule is COc1ccc(S(=O)(=O)CC(=O)Nc2ccc3c(c2)C(=O)c2ccccc2C3=O)cc1. The third-order valence-corrected chi connectivity index (χ3v) is 6.58. The van der Waals surface area contributed by atoms with Crippen molar-refractivity contribution in [3.05, 3.63) is 89.0 Å². The Balaban J connectivity index is 1.54. The smallest absolute Gasteiger partial charge is 0.239 e. The molecule has 3 aromatic rings. The van der Waals surface area contributed by atoms with Crippen LogP contribution < -0.4 is 10.1 Å². The summed E-state index contributed by atoms with van der Waals surface area (Å²) in [6.07, 6.45) is 0. The number of amides is 1. The number of hydrogen-bond acceptors (Lipinski definition) is 6. The maximum Gasteiger partial charge on any atom is 0.239 e. The van der Waals surface area contributed by atoms with E-state index in [4.69, 9.17) is 4.74 Å². The van der Waals surface area contributed by atoms with E-state index < -0.39 is 21.5 Å². The lowest BCUT2D eigenvalue weighted by Crippen LogP contribution is -2.24. The number of anilines is 1. The maximum absolute atomic E-state index is 12.8. The molecule has 0 unspecified atom stereocenters. The maximum atomic E-state index is 12.8. The Labute approximate surface area is 178 Å². The van der Waals surface area contributed by atoms with Crippen LogP contribution >= 0.6 is 0 Å². The van der Waals surface area contributed by atoms with Crippen LogP contribution in [0.2, 0.25) is 0 Å². The average molecular weight is 435 g/mol. The molecule has 0 aromatic heterocycles. The fraction of sp³-hybridized carbons (Fsp3) is 0.0870. The Morgan fingerprint density at radius 1 is 0.839 bits per heavy atom. The molecule has 0 atom stereocenters. The molecule has 0 bridgehead atoms. The van der Waals surface area contributed by atoms with E-state index in [1.54, 1.807) is 24.3 Å².